The Kier molecular flexibility index (Phi) is 11.3. The lowest BCUT2D eigenvalue weighted by Gasteiger charge is -2.28. The van der Waals surface area contributed by atoms with E-state index in [0.717, 1.165) is 0 Å². The van der Waals surface area contributed by atoms with Crippen LogP contribution < -0.4 is 0 Å². The summed E-state index contributed by atoms with van der Waals surface area (Å²) in [5, 5.41) is 119. The zero-order valence-corrected chi connectivity index (χ0v) is 25.6. The summed E-state index contributed by atoms with van der Waals surface area (Å²) >= 11 is 0. The van der Waals surface area contributed by atoms with Gasteiger partial charge in [0.05, 0.1) is 19.8 Å². The summed E-state index contributed by atoms with van der Waals surface area (Å²) < 4.78 is 11.7. The summed E-state index contributed by atoms with van der Waals surface area (Å²) in [5.74, 6) is -7.60. The predicted molar refractivity (Wildman–Crippen MR) is 169 cm³/mol. The molecule has 258 valence electrons. The molecule has 0 saturated heterocycles. The molecule has 0 spiro atoms. The van der Waals surface area contributed by atoms with Crippen LogP contribution in [0.1, 0.15) is 35.1 Å². The van der Waals surface area contributed by atoms with Crippen LogP contribution in [0.15, 0.2) is 48.5 Å². The van der Waals surface area contributed by atoms with E-state index in [1.807, 2.05) is 0 Å². The minimum Gasteiger partial charge on any atom is -0.504 e. The SMILES string of the molecule is Oc1cc(COCCC[C@@H](Cc2cc(O)c(O)c(O)c2)[C@@H](COCc2cc(O)c(O)c(O)c2)Cc2cc(O)c(O)c(O)c2)cc(O)c1O. The zero-order valence-electron chi connectivity index (χ0n) is 25.6. The summed E-state index contributed by atoms with van der Waals surface area (Å²) in [7, 11) is 0. The van der Waals surface area contributed by atoms with E-state index in [-0.39, 0.29) is 45.2 Å². The fraction of sp³-hybridized carbons (Fsp3) is 0.294. The van der Waals surface area contributed by atoms with Crippen molar-refractivity contribution in [1.82, 2.24) is 0 Å². The minimum atomic E-state index is -0.683. The quantitative estimate of drug-likeness (QED) is 0.0619. The molecular formula is C34H38O14. The molecule has 2 atom stereocenters. The van der Waals surface area contributed by atoms with Crippen LogP contribution in [-0.2, 0) is 35.5 Å². The zero-order chi connectivity index (χ0) is 35.1. The van der Waals surface area contributed by atoms with Gasteiger partial charge < -0.3 is 70.8 Å². The summed E-state index contributed by atoms with van der Waals surface area (Å²) in [4.78, 5) is 0. The fourth-order valence-electron chi connectivity index (χ4n) is 5.48. The van der Waals surface area contributed by atoms with Crippen LogP contribution in [0.3, 0.4) is 0 Å². The van der Waals surface area contributed by atoms with Gasteiger partial charge in [0.25, 0.3) is 0 Å². The van der Waals surface area contributed by atoms with Gasteiger partial charge in [0.15, 0.2) is 69.0 Å². The van der Waals surface area contributed by atoms with Crippen molar-refractivity contribution in [2.24, 2.45) is 11.8 Å². The summed E-state index contributed by atoms with van der Waals surface area (Å²) in [6.07, 6.45) is 1.35. The fourth-order valence-corrected chi connectivity index (χ4v) is 5.48. The van der Waals surface area contributed by atoms with Crippen LogP contribution in [-0.4, -0.2) is 74.5 Å². The summed E-state index contributed by atoms with van der Waals surface area (Å²) in [6.45, 7) is 0.174. The number of ether oxygens (including phenoxy) is 2. The van der Waals surface area contributed by atoms with Crippen LogP contribution in [0.5, 0.6) is 69.0 Å². The minimum absolute atomic E-state index is 0.0106. The monoisotopic (exact) mass is 670 g/mol. The van der Waals surface area contributed by atoms with Gasteiger partial charge in [0.1, 0.15) is 0 Å². The Balaban J connectivity index is 1.56. The highest BCUT2D eigenvalue weighted by Crippen LogP contribution is 2.40. The van der Waals surface area contributed by atoms with E-state index in [4.69, 9.17) is 9.47 Å². The van der Waals surface area contributed by atoms with Crippen molar-refractivity contribution in [3.8, 4) is 69.0 Å². The topological polar surface area (TPSA) is 261 Å². The van der Waals surface area contributed by atoms with Gasteiger partial charge in [-0.2, -0.15) is 0 Å². The molecule has 0 heterocycles. The highest BCUT2D eigenvalue weighted by molar-refractivity contribution is 5.53. The summed E-state index contributed by atoms with van der Waals surface area (Å²) in [5.41, 5.74) is 1.68. The second-order valence-electron chi connectivity index (χ2n) is 11.6. The van der Waals surface area contributed by atoms with Crippen LogP contribution in [0.2, 0.25) is 0 Å². The molecule has 0 aliphatic heterocycles. The maximum absolute atomic E-state index is 10.2. The lowest BCUT2D eigenvalue weighted by Crippen LogP contribution is -2.25. The molecule has 0 saturated carbocycles. The van der Waals surface area contributed by atoms with Crippen LogP contribution in [0.25, 0.3) is 0 Å². The molecule has 4 aromatic rings. The average molecular weight is 671 g/mol. The number of benzene rings is 4. The van der Waals surface area contributed by atoms with Gasteiger partial charge in [-0.3, -0.25) is 0 Å². The normalized spacial score (nSPS) is 12.6. The molecule has 0 aliphatic carbocycles. The maximum Gasteiger partial charge on any atom is 0.200 e. The Bertz CT molecular complexity index is 1650. The largest absolute Gasteiger partial charge is 0.504 e. The lowest BCUT2D eigenvalue weighted by atomic mass is 9.80. The van der Waals surface area contributed by atoms with E-state index >= 15 is 0 Å². The van der Waals surface area contributed by atoms with Gasteiger partial charge in [0.2, 0.25) is 0 Å². The Morgan fingerprint density at radius 1 is 0.396 bits per heavy atom. The third kappa shape index (κ3) is 8.80. The molecular weight excluding hydrogens is 632 g/mol. The number of aromatic hydroxyl groups is 12. The molecule has 4 aromatic carbocycles. The maximum atomic E-state index is 10.2. The smallest absolute Gasteiger partial charge is 0.200 e. The molecule has 0 unspecified atom stereocenters. The average Bonchev–Trinajstić information content (AvgIpc) is 3.02. The Morgan fingerprint density at radius 3 is 1.08 bits per heavy atom. The van der Waals surface area contributed by atoms with Crippen molar-refractivity contribution in [2.45, 2.75) is 38.9 Å². The van der Waals surface area contributed by atoms with E-state index in [0.29, 0.717) is 35.1 Å². The van der Waals surface area contributed by atoms with Crippen molar-refractivity contribution in [2.75, 3.05) is 13.2 Å². The first kappa shape index (κ1) is 35.3. The first-order chi connectivity index (χ1) is 22.7. The van der Waals surface area contributed by atoms with Crippen LogP contribution in [0, 0.1) is 11.8 Å². The molecule has 14 heteroatoms. The Morgan fingerprint density at radius 2 is 0.708 bits per heavy atom. The van der Waals surface area contributed by atoms with Gasteiger partial charge in [-0.1, -0.05) is 0 Å². The van der Waals surface area contributed by atoms with Crippen LogP contribution >= 0.6 is 0 Å². The predicted octanol–water partition coefficient (Wildman–Crippen LogP) is 4.39. The van der Waals surface area contributed by atoms with Crippen molar-refractivity contribution in [3.05, 3.63) is 70.8 Å². The first-order valence-corrected chi connectivity index (χ1v) is 14.8. The molecule has 0 aliphatic rings. The number of phenolic OH excluding ortho intramolecular Hbond substituents is 12. The van der Waals surface area contributed by atoms with Gasteiger partial charge in [-0.15, -0.1) is 0 Å². The number of phenols is 12. The second kappa shape index (κ2) is 15.3. The molecule has 48 heavy (non-hydrogen) atoms. The molecule has 0 amide bonds. The van der Waals surface area contributed by atoms with Crippen LogP contribution in [0.4, 0.5) is 0 Å². The highest BCUT2D eigenvalue weighted by Gasteiger charge is 2.25. The Labute approximate surface area is 274 Å². The van der Waals surface area contributed by atoms with Gasteiger partial charge >= 0.3 is 0 Å². The van der Waals surface area contributed by atoms with Gasteiger partial charge in [-0.05, 0) is 108 Å². The van der Waals surface area contributed by atoms with Crippen molar-refractivity contribution >= 4 is 0 Å². The third-order valence-corrected chi connectivity index (χ3v) is 7.91. The van der Waals surface area contributed by atoms with E-state index in [2.05, 4.69) is 0 Å². The number of hydrogen-bond acceptors (Lipinski definition) is 14. The van der Waals surface area contributed by atoms with E-state index in [9.17, 15) is 61.3 Å². The Hall–Kier alpha value is -5.60. The van der Waals surface area contributed by atoms with Crippen molar-refractivity contribution < 1.29 is 70.8 Å². The molecule has 0 bridgehead atoms. The van der Waals surface area contributed by atoms with Gasteiger partial charge in [0, 0.05) is 6.61 Å². The molecule has 4 rings (SSSR count). The molecule has 0 radical (unpaired) electrons. The second-order valence-corrected chi connectivity index (χ2v) is 11.6. The van der Waals surface area contributed by atoms with Crippen molar-refractivity contribution in [3.63, 3.8) is 0 Å². The standard InChI is InChI=1S/C34H38O14/c35-23-6-17(7-24(36)31(23)43)4-21(2-1-3-47-14-19-10-27(39)33(45)28(40)11-19)22(5-18-8-25(37)32(44)26(38)9-18)16-48-15-20-12-29(41)34(46)30(42)13-20/h6-13,21-22,35-46H,1-5,14-16H2/t21-,22+/m0/s1. The molecule has 12 N–H and O–H groups in total. The third-order valence-electron chi connectivity index (χ3n) is 7.91. The van der Waals surface area contributed by atoms with E-state index in [1.54, 1.807) is 0 Å². The van der Waals surface area contributed by atoms with Crippen molar-refractivity contribution in [1.29, 1.82) is 0 Å². The van der Waals surface area contributed by atoms with E-state index < -0.39 is 74.9 Å². The van der Waals surface area contributed by atoms with E-state index in [1.165, 1.54) is 48.5 Å². The first-order valence-electron chi connectivity index (χ1n) is 14.8. The molecule has 0 aromatic heterocycles. The summed E-state index contributed by atoms with van der Waals surface area (Å²) in [6, 6.07) is 10.2. The highest BCUT2D eigenvalue weighted by atomic mass is 16.5. The molecule has 0 fully saturated rings. The molecule has 14 nitrogen and oxygen atoms in total. The lowest BCUT2D eigenvalue weighted by molar-refractivity contribution is 0.0578. The van der Waals surface area contributed by atoms with Gasteiger partial charge in [-0.25, -0.2) is 0 Å². The number of rotatable bonds is 15. The number of hydrogen-bond donors (Lipinski definition) is 12.